The summed E-state index contributed by atoms with van der Waals surface area (Å²) < 4.78 is 6.74. The second-order valence-electron chi connectivity index (χ2n) is 3.31. The average molecular weight is 259 g/mol. The molecule has 0 aliphatic carbocycles. The van der Waals surface area contributed by atoms with Gasteiger partial charge in [-0.05, 0) is 6.07 Å². The minimum atomic E-state index is -0.398. The van der Waals surface area contributed by atoms with E-state index in [-0.39, 0.29) is 17.4 Å². The molecule has 1 saturated heterocycles. The number of thioether (sulfide) groups is 1. The van der Waals surface area contributed by atoms with Crippen LogP contribution in [0.3, 0.4) is 0 Å². The number of ether oxygens (including phenoxy) is 1. The molecule has 0 aromatic carbocycles. The maximum absolute atomic E-state index is 11.7. The minimum Gasteiger partial charge on any atom is -0.393 e. The standard InChI is InChI=1S/C8H13N5O3S/c9-12-11-5-1-2-13(8(15)10-5)6-4-16-7(3-14)17-6/h1-2,6-7,12,14H,3-4,9H2,(H,10,11,15)/t6-,7-/m0/s1. The molecule has 0 amide bonds. The van der Waals surface area contributed by atoms with Gasteiger partial charge in [-0.1, -0.05) is 0 Å². The monoisotopic (exact) mass is 259 g/mol. The summed E-state index contributed by atoms with van der Waals surface area (Å²) >= 11 is 1.39. The Hall–Kier alpha value is -1.13. The lowest BCUT2D eigenvalue weighted by atomic mass is 10.5. The van der Waals surface area contributed by atoms with Crippen molar-refractivity contribution in [3.63, 3.8) is 0 Å². The van der Waals surface area contributed by atoms with E-state index in [0.717, 1.165) is 0 Å². The van der Waals surface area contributed by atoms with Crippen LogP contribution in [0.15, 0.2) is 17.1 Å². The van der Waals surface area contributed by atoms with E-state index in [9.17, 15) is 4.79 Å². The maximum Gasteiger partial charge on any atom is 0.350 e. The number of aliphatic hydroxyl groups is 1. The van der Waals surface area contributed by atoms with Crippen molar-refractivity contribution in [3.8, 4) is 0 Å². The van der Waals surface area contributed by atoms with Gasteiger partial charge in [0.15, 0.2) is 0 Å². The third kappa shape index (κ3) is 2.76. The summed E-state index contributed by atoms with van der Waals surface area (Å²) in [6.45, 7) is 0.305. The summed E-state index contributed by atoms with van der Waals surface area (Å²) in [5.74, 6) is 5.39. The van der Waals surface area contributed by atoms with Crippen molar-refractivity contribution in [1.29, 1.82) is 0 Å². The average Bonchev–Trinajstić information content (AvgIpc) is 2.78. The van der Waals surface area contributed by atoms with Gasteiger partial charge in [0.25, 0.3) is 0 Å². The van der Waals surface area contributed by atoms with E-state index in [4.69, 9.17) is 15.7 Å². The Morgan fingerprint density at radius 2 is 2.59 bits per heavy atom. The van der Waals surface area contributed by atoms with Gasteiger partial charge in [0.1, 0.15) is 16.6 Å². The Morgan fingerprint density at radius 1 is 1.76 bits per heavy atom. The summed E-state index contributed by atoms with van der Waals surface area (Å²) in [5.41, 5.74) is 4.02. The molecule has 1 aliphatic heterocycles. The Bertz CT molecular complexity index is 439. The van der Waals surface area contributed by atoms with E-state index >= 15 is 0 Å². The Balaban J connectivity index is 2.14. The van der Waals surface area contributed by atoms with Crippen molar-refractivity contribution in [2.24, 2.45) is 5.84 Å². The molecular formula is C8H13N5O3S. The first kappa shape index (κ1) is 12.3. The van der Waals surface area contributed by atoms with Crippen LogP contribution >= 0.6 is 11.8 Å². The van der Waals surface area contributed by atoms with Gasteiger partial charge in [0, 0.05) is 6.20 Å². The van der Waals surface area contributed by atoms with Crippen molar-refractivity contribution < 1.29 is 9.84 Å². The lowest BCUT2D eigenvalue weighted by Crippen LogP contribution is -2.32. The fourth-order valence-corrected chi connectivity index (χ4v) is 2.50. The van der Waals surface area contributed by atoms with Gasteiger partial charge in [0.2, 0.25) is 0 Å². The van der Waals surface area contributed by atoms with Gasteiger partial charge in [-0.2, -0.15) is 10.5 Å². The molecule has 2 heterocycles. The molecule has 9 heteroatoms. The summed E-state index contributed by atoms with van der Waals surface area (Å²) in [4.78, 5) is 15.5. The van der Waals surface area contributed by atoms with Crippen LogP contribution < -0.4 is 22.5 Å². The van der Waals surface area contributed by atoms with Crippen LogP contribution in [0, 0.1) is 0 Å². The third-order valence-electron chi connectivity index (χ3n) is 2.22. The molecule has 1 aliphatic rings. The largest absolute Gasteiger partial charge is 0.393 e. The zero-order chi connectivity index (χ0) is 12.3. The highest BCUT2D eigenvalue weighted by molar-refractivity contribution is 8.00. The minimum absolute atomic E-state index is 0.0694. The first-order valence-corrected chi connectivity index (χ1v) is 5.87. The fraction of sp³-hybridized carbons (Fsp3) is 0.500. The molecule has 1 fully saturated rings. The number of nitrogens with zero attached hydrogens (tertiary/aromatic N) is 2. The lowest BCUT2D eigenvalue weighted by molar-refractivity contribution is 0.0803. The molecule has 2 atom stereocenters. The van der Waals surface area contributed by atoms with E-state index in [1.54, 1.807) is 12.3 Å². The van der Waals surface area contributed by atoms with Crippen LogP contribution in [0.25, 0.3) is 0 Å². The first-order chi connectivity index (χ1) is 8.24. The van der Waals surface area contributed by atoms with Crippen LogP contribution in [-0.4, -0.2) is 33.3 Å². The molecule has 1 aromatic rings. The quantitative estimate of drug-likeness (QED) is 0.386. The van der Waals surface area contributed by atoms with Gasteiger partial charge in [0.05, 0.1) is 13.2 Å². The third-order valence-corrected chi connectivity index (χ3v) is 3.49. The van der Waals surface area contributed by atoms with Gasteiger partial charge in [-0.25, -0.2) is 4.79 Å². The number of rotatable bonds is 4. The number of nitrogens with one attached hydrogen (secondary N) is 2. The molecule has 0 saturated carbocycles. The number of aromatic nitrogens is 2. The number of hydrogen-bond donors (Lipinski definition) is 4. The molecule has 0 bridgehead atoms. The van der Waals surface area contributed by atoms with Crippen molar-refractivity contribution in [2.45, 2.75) is 10.8 Å². The van der Waals surface area contributed by atoms with Gasteiger partial charge in [-0.3, -0.25) is 15.8 Å². The predicted molar refractivity (Wildman–Crippen MR) is 62.9 cm³/mol. The topological polar surface area (TPSA) is 114 Å². The van der Waals surface area contributed by atoms with E-state index < -0.39 is 5.69 Å². The van der Waals surface area contributed by atoms with E-state index in [1.807, 2.05) is 0 Å². The molecule has 1 aromatic heterocycles. The smallest absolute Gasteiger partial charge is 0.350 e. The normalized spacial score (nSPS) is 23.9. The Labute approximate surface area is 101 Å². The molecule has 2 rings (SSSR count). The second-order valence-corrected chi connectivity index (χ2v) is 4.65. The van der Waals surface area contributed by atoms with Gasteiger partial charge in [-0.15, -0.1) is 11.8 Å². The summed E-state index contributed by atoms with van der Waals surface area (Å²) in [7, 11) is 0. The van der Waals surface area contributed by atoms with Crippen molar-refractivity contribution in [2.75, 3.05) is 18.6 Å². The van der Waals surface area contributed by atoms with E-state index in [2.05, 4.69) is 15.9 Å². The highest BCUT2D eigenvalue weighted by Gasteiger charge is 2.27. The Kier molecular flexibility index (Phi) is 3.97. The van der Waals surface area contributed by atoms with Crippen molar-refractivity contribution in [1.82, 2.24) is 15.1 Å². The number of hydrazine groups is 2. The van der Waals surface area contributed by atoms with Crippen molar-refractivity contribution in [3.05, 3.63) is 22.7 Å². The molecule has 0 unspecified atom stereocenters. The highest BCUT2D eigenvalue weighted by atomic mass is 32.2. The number of anilines is 1. The van der Waals surface area contributed by atoms with Crippen LogP contribution in [0.4, 0.5) is 5.82 Å². The van der Waals surface area contributed by atoms with Crippen LogP contribution in [0.5, 0.6) is 0 Å². The number of hydrogen-bond acceptors (Lipinski definition) is 8. The van der Waals surface area contributed by atoms with Crippen molar-refractivity contribution >= 4 is 17.6 Å². The van der Waals surface area contributed by atoms with Gasteiger partial charge >= 0.3 is 5.69 Å². The molecule has 8 nitrogen and oxygen atoms in total. The summed E-state index contributed by atoms with van der Waals surface area (Å²) in [5, 5.41) is 8.77. The SMILES string of the molecule is NNNc1ccn([C@@H]2CO[C@H](CO)S2)c(=O)n1. The summed E-state index contributed by atoms with van der Waals surface area (Å²) in [6, 6.07) is 1.62. The molecule has 94 valence electrons. The number of aliphatic hydroxyl groups excluding tert-OH is 1. The number of nitrogens with two attached hydrogens (primary N) is 1. The fourth-order valence-electron chi connectivity index (χ4n) is 1.46. The second kappa shape index (κ2) is 5.47. The zero-order valence-electron chi connectivity index (χ0n) is 8.87. The summed E-state index contributed by atoms with van der Waals surface area (Å²) in [6.07, 6.45) is 1.61. The lowest BCUT2D eigenvalue weighted by Gasteiger charge is -2.11. The first-order valence-electron chi connectivity index (χ1n) is 4.93. The zero-order valence-corrected chi connectivity index (χ0v) is 9.68. The predicted octanol–water partition coefficient (Wildman–Crippen LogP) is -1.39. The van der Waals surface area contributed by atoms with E-state index in [0.29, 0.717) is 12.4 Å². The molecule has 17 heavy (non-hydrogen) atoms. The van der Waals surface area contributed by atoms with Crippen LogP contribution in [0.2, 0.25) is 0 Å². The maximum atomic E-state index is 11.7. The van der Waals surface area contributed by atoms with Gasteiger partial charge < -0.3 is 9.84 Å². The molecule has 0 spiro atoms. The molecule has 0 radical (unpaired) electrons. The van der Waals surface area contributed by atoms with Crippen LogP contribution in [-0.2, 0) is 4.74 Å². The van der Waals surface area contributed by atoms with E-state index in [1.165, 1.54) is 16.3 Å². The molecular weight excluding hydrogens is 246 g/mol. The highest BCUT2D eigenvalue weighted by Crippen LogP contribution is 2.34. The Morgan fingerprint density at radius 3 is 3.18 bits per heavy atom. The van der Waals surface area contributed by atoms with Crippen LogP contribution in [0.1, 0.15) is 5.37 Å². The molecule has 5 N–H and O–H groups in total.